The molecular weight excluding hydrogens is 124 g/mol. The standard InChI is InChI=1S/C9H18O/c1-3-5-6-7-9-10-8-4-2/h3,5H,4,6-9H2,1-2H3. The van der Waals surface area contributed by atoms with Gasteiger partial charge in [0.1, 0.15) is 0 Å². The van der Waals surface area contributed by atoms with Crippen molar-refractivity contribution in [1.82, 2.24) is 0 Å². The van der Waals surface area contributed by atoms with Gasteiger partial charge in [0, 0.05) is 13.2 Å². The minimum Gasteiger partial charge on any atom is -0.381 e. The van der Waals surface area contributed by atoms with Crippen molar-refractivity contribution >= 4 is 0 Å². The van der Waals surface area contributed by atoms with Gasteiger partial charge in [-0.2, -0.15) is 0 Å². The van der Waals surface area contributed by atoms with Crippen molar-refractivity contribution in [3.05, 3.63) is 12.2 Å². The molecule has 0 saturated carbocycles. The zero-order valence-corrected chi connectivity index (χ0v) is 7.10. The topological polar surface area (TPSA) is 9.23 Å². The maximum absolute atomic E-state index is 5.30. The Hall–Kier alpha value is -0.300. The second kappa shape index (κ2) is 8.70. The minimum absolute atomic E-state index is 0.913. The number of allylic oxidation sites excluding steroid dienone is 2. The maximum atomic E-state index is 5.30. The van der Waals surface area contributed by atoms with E-state index in [9.17, 15) is 0 Å². The first-order valence-electron chi connectivity index (χ1n) is 4.10. The monoisotopic (exact) mass is 142 g/mol. The molecule has 0 rings (SSSR count). The molecule has 60 valence electrons. The Balaban J connectivity index is 2.77. The Morgan fingerprint density at radius 2 is 2.10 bits per heavy atom. The number of hydrogen-bond acceptors (Lipinski definition) is 1. The highest BCUT2D eigenvalue weighted by Crippen LogP contribution is 1.92. The number of hydrogen-bond donors (Lipinski definition) is 0. The number of unbranched alkanes of at least 4 members (excludes halogenated alkanes) is 1. The molecule has 10 heavy (non-hydrogen) atoms. The second-order valence-corrected chi connectivity index (χ2v) is 2.32. The number of rotatable bonds is 6. The van der Waals surface area contributed by atoms with E-state index in [1.807, 2.05) is 6.92 Å². The number of ether oxygens (including phenoxy) is 1. The average molecular weight is 142 g/mol. The summed E-state index contributed by atoms with van der Waals surface area (Å²) in [6, 6.07) is 0. The van der Waals surface area contributed by atoms with E-state index in [1.165, 1.54) is 0 Å². The van der Waals surface area contributed by atoms with Crippen molar-refractivity contribution in [3.63, 3.8) is 0 Å². The highest BCUT2D eigenvalue weighted by molar-refractivity contribution is 4.75. The molecule has 0 unspecified atom stereocenters. The smallest absolute Gasteiger partial charge is 0.0468 e. The fraction of sp³-hybridized carbons (Fsp3) is 0.778. The zero-order chi connectivity index (χ0) is 7.66. The molecule has 0 aliphatic heterocycles. The van der Waals surface area contributed by atoms with E-state index in [2.05, 4.69) is 19.1 Å². The Labute approximate surface area is 64.1 Å². The highest BCUT2D eigenvalue weighted by atomic mass is 16.5. The van der Waals surface area contributed by atoms with Gasteiger partial charge in [0.05, 0.1) is 0 Å². The summed E-state index contributed by atoms with van der Waals surface area (Å²) in [5, 5.41) is 0. The molecule has 0 heterocycles. The highest BCUT2D eigenvalue weighted by Gasteiger charge is 1.83. The van der Waals surface area contributed by atoms with Gasteiger partial charge in [0.25, 0.3) is 0 Å². The molecule has 0 aromatic heterocycles. The van der Waals surface area contributed by atoms with Crippen molar-refractivity contribution in [2.24, 2.45) is 0 Å². The van der Waals surface area contributed by atoms with Crippen molar-refractivity contribution < 1.29 is 4.74 Å². The summed E-state index contributed by atoms with van der Waals surface area (Å²) in [6.07, 6.45) is 7.70. The third-order valence-electron chi connectivity index (χ3n) is 1.24. The summed E-state index contributed by atoms with van der Waals surface area (Å²) in [6.45, 7) is 6.01. The van der Waals surface area contributed by atoms with Crippen molar-refractivity contribution in [2.75, 3.05) is 13.2 Å². The minimum atomic E-state index is 0.913. The van der Waals surface area contributed by atoms with Gasteiger partial charge in [-0.25, -0.2) is 0 Å². The van der Waals surface area contributed by atoms with Crippen molar-refractivity contribution in [3.8, 4) is 0 Å². The quantitative estimate of drug-likeness (QED) is 0.409. The van der Waals surface area contributed by atoms with Crippen LogP contribution in [0.3, 0.4) is 0 Å². The molecule has 0 radical (unpaired) electrons. The molecule has 0 aromatic carbocycles. The average Bonchev–Trinajstić information content (AvgIpc) is 1.97. The van der Waals surface area contributed by atoms with Crippen LogP contribution in [0.1, 0.15) is 33.1 Å². The molecule has 1 nitrogen and oxygen atoms in total. The molecule has 0 amide bonds. The van der Waals surface area contributed by atoms with E-state index in [-0.39, 0.29) is 0 Å². The summed E-state index contributed by atoms with van der Waals surface area (Å²) in [7, 11) is 0. The summed E-state index contributed by atoms with van der Waals surface area (Å²) in [4.78, 5) is 0. The summed E-state index contributed by atoms with van der Waals surface area (Å²) >= 11 is 0. The summed E-state index contributed by atoms with van der Waals surface area (Å²) in [5.74, 6) is 0. The SMILES string of the molecule is CC=CCCCOCCC. The van der Waals surface area contributed by atoms with Crippen LogP contribution >= 0.6 is 0 Å². The molecule has 0 atom stereocenters. The first kappa shape index (κ1) is 9.70. The fourth-order valence-corrected chi connectivity index (χ4v) is 0.716. The van der Waals surface area contributed by atoms with Gasteiger partial charge in [0.15, 0.2) is 0 Å². The molecule has 0 spiro atoms. The lowest BCUT2D eigenvalue weighted by Gasteiger charge is -1.98. The van der Waals surface area contributed by atoms with Crippen molar-refractivity contribution in [2.45, 2.75) is 33.1 Å². The van der Waals surface area contributed by atoms with E-state index < -0.39 is 0 Å². The lowest BCUT2D eigenvalue weighted by Crippen LogP contribution is -1.94. The molecule has 0 fully saturated rings. The van der Waals surface area contributed by atoms with Crippen LogP contribution in [0.5, 0.6) is 0 Å². The predicted octanol–water partition coefficient (Wildman–Crippen LogP) is 2.77. The fourth-order valence-electron chi connectivity index (χ4n) is 0.716. The van der Waals surface area contributed by atoms with E-state index >= 15 is 0 Å². The third-order valence-corrected chi connectivity index (χ3v) is 1.24. The molecule has 0 aliphatic rings. The normalized spacial score (nSPS) is 11.0. The largest absolute Gasteiger partial charge is 0.381 e. The van der Waals surface area contributed by atoms with Gasteiger partial charge in [0.2, 0.25) is 0 Å². The van der Waals surface area contributed by atoms with Gasteiger partial charge in [-0.1, -0.05) is 19.1 Å². The van der Waals surface area contributed by atoms with E-state index in [0.717, 1.165) is 32.5 Å². The van der Waals surface area contributed by atoms with Crippen LogP contribution in [-0.2, 0) is 4.74 Å². The van der Waals surface area contributed by atoms with Gasteiger partial charge in [-0.05, 0) is 26.2 Å². The molecule has 0 saturated heterocycles. The Morgan fingerprint density at radius 3 is 2.70 bits per heavy atom. The molecule has 0 aromatic rings. The van der Waals surface area contributed by atoms with Gasteiger partial charge in [-0.15, -0.1) is 0 Å². The van der Waals surface area contributed by atoms with Crippen LogP contribution in [0.15, 0.2) is 12.2 Å². The first-order valence-corrected chi connectivity index (χ1v) is 4.10. The Bertz CT molecular complexity index is 76.8. The Morgan fingerprint density at radius 1 is 1.30 bits per heavy atom. The molecule has 1 heteroatoms. The van der Waals surface area contributed by atoms with Crippen LogP contribution in [0.4, 0.5) is 0 Å². The van der Waals surface area contributed by atoms with Crippen molar-refractivity contribution in [1.29, 1.82) is 0 Å². The van der Waals surface area contributed by atoms with E-state index in [4.69, 9.17) is 4.74 Å². The Kier molecular flexibility index (Phi) is 8.44. The predicted molar refractivity (Wildman–Crippen MR) is 45.2 cm³/mol. The third kappa shape index (κ3) is 7.70. The first-order chi connectivity index (χ1) is 4.91. The molecular formula is C9H18O. The van der Waals surface area contributed by atoms with Crippen LogP contribution < -0.4 is 0 Å². The van der Waals surface area contributed by atoms with Gasteiger partial charge in [-0.3, -0.25) is 0 Å². The van der Waals surface area contributed by atoms with Crippen LogP contribution in [0.25, 0.3) is 0 Å². The second-order valence-electron chi connectivity index (χ2n) is 2.32. The molecule has 0 bridgehead atoms. The van der Waals surface area contributed by atoms with Crippen LogP contribution in [-0.4, -0.2) is 13.2 Å². The lowest BCUT2D eigenvalue weighted by molar-refractivity contribution is 0.133. The van der Waals surface area contributed by atoms with Crippen LogP contribution in [0.2, 0.25) is 0 Å². The zero-order valence-electron chi connectivity index (χ0n) is 7.10. The van der Waals surface area contributed by atoms with Gasteiger partial charge < -0.3 is 4.74 Å². The van der Waals surface area contributed by atoms with Gasteiger partial charge >= 0.3 is 0 Å². The molecule has 0 aliphatic carbocycles. The van der Waals surface area contributed by atoms with Crippen LogP contribution in [0, 0.1) is 0 Å². The van der Waals surface area contributed by atoms with E-state index in [0.29, 0.717) is 0 Å². The summed E-state index contributed by atoms with van der Waals surface area (Å²) in [5.41, 5.74) is 0. The van der Waals surface area contributed by atoms with E-state index in [1.54, 1.807) is 0 Å². The maximum Gasteiger partial charge on any atom is 0.0468 e. The summed E-state index contributed by atoms with van der Waals surface area (Å²) < 4.78 is 5.30. The lowest BCUT2D eigenvalue weighted by atomic mass is 10.3. The molecule has 0 N–H and O–H groups in total.